The Bertz CT molecular complexity index is 585. The fourth-order valence-corrected chi connectivity index (χ4v) is 2.15. The summed E-state index contributed by atoms with van der Waals surface area (Å²) in [5.41, 5.74) is 6.47. The average Bonchev–Trinajstić information content (AvgIpc) is 2.39. The van der Waals surface area contributed by atoms with Gasteiger partial charge >= 0.3 is 5.97 Å². The van der Waals surface area contributed by atoms with Crippen LogP contribution < -0.4 is 5.73 Å². The number of nitrogens with two attached hydrogens (primary N) is 1. The van der Waals surface area contributed by atoms with Crippen LogP contribution in [0.2, 0.25) is 0 Å². The molecule has 0 aromatic heterocycles. The second kappa shape index (κ2) is 5.79. The van der Waals surface area contributed by atoms with Crippen LogP contribution in [0.5, 0.6) is 0 Å². The van der Waals surface area contributed by atoms with E-state index < -0.39 is 29.6 Å². The van der Waals surface area contributed by atoms with E-state index in [0.717, 1.165) is 0 Å². The molecule has 0 aliphatic rings. The van der Waals surface area contributed by atoms with Gasteiger partial charge in [-0.2, -0.15) is 0 Å². The molecule has 3 N–H and O–H groups in total. The molecule has 0 bridgehead atoms. The number of hydrogen-bond donors (Lipinski definition) is 2. The lowest BCUT2D eigenvalue weighted by Gasteiger charge is -2.22. The summed E-state index contributed by atoms with van der Waals surface area (Å²) in [7, 11) is 0. The van der Waals surface area contributed by atoms with Gasteiger partial charge in [0.05, 0.1) is 0 Å². The predicted octanol–water partition coefficient (Wildman–Crippen LogP) is 2.51. The molecule has 0 saturated heterocycles. The van der Waals surface area contributed by atoms with Crippen LogP contribution in [-0.2, 0) is 4.79 Å². The van der Waals surface area contributed by atoms with Gasteiger partial charge < -0.3 is 10.8 Å². The Balaban J connectivity index is 2.53. The number of carboxylic acids is 1. The third kappa shape index (κ3) is 3.00. The van der Waals surface area contributed by atoms with Crippen LogP contribution in [0.1, 0.15) is 17.0 Å². The Morgan fingerprint density at radius 2 is 1.45 bits per heavy atom. The van der Waals surface area contributed by atoms with Crippen molar-refractivity contribution >= 4 is 5.97 Å². The van der Waals surface area contributed by atoms with Gasteiger partial charge in [0.15, 0.2) is 0 Å². The molecule has 0 aliphatic heterocycles. The zero-order valence-corrected chi connectivity index (χ0v) is 10.5. The van der Waals surface area contributed by atoms with E-state index in [9.17, 15) is 13.6 Å². The highest BCUT2D eigenvalue weighted by Gasteiger charge is 2.28. The highest BCUT2D eigenvalue weighted by Crippen LogP contribution is 2.28. The smallest absolute Gasteiger partial charge is 0.321 e. The number of carbonyl (C=O) groups is 1. The zero-order chi connectivity index (χ0) is 14.7. The SMILES string of the molecule is N[C@H](C(=O)O)C(c1cccc(F)c1)c1cccc(F)c1. The number of hydrogen-bond acceptors (Lipinski definition) is 2. The van der Waals surface area contributed by atoms with Gasteiger partial charge in [-0.05, 0) is 35.4 Å². The van der Waals surface area contributed by atoms with Gasteiger partial charge in [0.2, 0.25) is 0 Å². The highest BCUT2D eigenvalue weighted by atomic mass is 19.1. The molecule has 5 heteroatoms. The van der Waals surface area contributed by atoms with Crippen molar-refractivity contribution in [2.45, 2.75) is 12.0 Å². The molecule has 0 unspecified atom stereocenters. The minimum Gasteiger partial charge on any atom is -0.480 e. The summed E-state index contributed by atoms with van der Waals surface area (Å²) in [4.78, 5) is 11.1. The van der Waals surface area contributed by atoms with Crippen LogP contribution in [0.3, 0.4) is 0 Å². The van der Waals surface area contributed by atoms with Crippen molar-refractivity contribution in [2.24, 2.45) is 5.73 Å². The molecule has 0 amide bonds. The van der Waals surface area contributed by atoms with E-state index in [2.05, 4.69) is 0 Å². The first-order chi connectivity index (χ1) is 9.49. The van der Waals surface area contributed by atoms with E-state index in [1.807, 2.05) is 0 Å². The lowest BCUT2D eigenvalue weighted by Crippen LogP contribution is -2.37. The minimum absolute atomic E-state index is 0.394. The maximum absolute atomic E-state index is 13.3. The molecule has 0 aliphatic carbocycles. The molecule has 1 atom stereocenters. The van der Waals surface area contributed by atoms with E-state index in [4.69, 9.17) is 10.8 Å². The molecule has 20 heavy (non-hydrogen) atoms. The fraction of sp³-hybridized carbons (Fsp3) is 0.133. The van der Waals surface area contributed by atoms with Crippen molar-refractivity contribution in [3.8, 4) is 0 Å². The fourth-order valence-electron chi connectivity index (χ4n) is 2.15. The topological polar surface area (TPSA) is 63.3 Å². The molecule has 2 aromatic rings. The maximum Gasteiger partial charge on any atom is 0.321 e. The van der Waals surface area contributed by atoms with E-state index in [-0.39, 0.29) is 0 Å². The van der Waals surface area contributed by atoms with Gasteiger partial charge in [0.25, 0.3) is 0 Å². The van der Waals surface area contributed by atoms with E-state index >= 15 is 0 Å². The quantitative estimate of drug-likeness (QED) is 0.902. The Hall–Kier alpha value is -2.27. The summed E-state index contributed by atoms with van der Waals surface area (Å²) in [6.45, 7) is 0. The Morgan fingerprint density at radius 3 is 1.80 bits per heavy atom. The first-order valence-electron chi connectivity index (χ1n) is 5.98. The third-order valence-electron chi connectivity index (χ3n) is 3.06. The van der Waals surface area contributed by atoms with Crippen LogP contribution in [-0.4, -0.2) is 17.1 Å². The minimum atomic E-state index is -1.29. The van der Waals surface area contributed by atoms with Crippen LogP contribution in [0, 0.1) is 11.6 Å². The summed E-state index contributed by atoms with van der Waals surface area (Å²) in [5, 5.41) is 9.10. The standard InChI is InChI=1S/C15H13F2NO2/c16-11-5-1-3-9(7-11)13(14(18)15(19)20)10-4-2-6-12(17)8-10/h1-8,13-14H,18H2,(H,19,20)/t14-/m0/s1. The van der Waals surface area contributed by atoms with Crippen LogP contribution in [0.15, 0.2) is 48.5 Å². The summed E-state index contributed by atoms with van der Waals surface area (Å²) in [5.74, 6) is -3.05. The molecular formula is C15H13F2NO2. The average molecular weight is 277 g/mol. The van der Waals surface area contributed by atoms with Crippen molar-refractivity contribution in [3.63, 3.8) is 0 Å². The molecule has 3 nitrogen and oxygen atoms in total. The summed E-state index contributed by atoms with van der Waals surface area (Å²) < 4.78 is 26.6. The molecule has 104 valence electrons. The van der Waals surface area contributed by atoms with Crippen molar-refractivity contribution in [2.75, 3.05) is 0 Å². The molecule has 0 spiro atoms. The summed E-state index contributed by atoms with van der Waals surface area (Å²) in [6, 6.07) is 9.69. The van der Waals surface area contributed by atoms with Crippen LogP contribution >= 0.6 is 0 Å². The second-order valence-corrected chi connectivity index (χ2v) is 4.45. The first kappa shape index (κ1) is 14.1. The molecular weight excluding hydrogens is 264 g/mol. The Labute approximate surface area is 114 Å². The van der Waals surface area contributed by atoms with Crippen molar-refractivity contribution in [1.82, 2.24) is 0 Å². The van der Waals surface area contributed by atoms with E-state index in [1.54, 1.807) is 12.1 Å². The van der Waals surface area contributed by atoms with E-state index in [0.29, 0.717) is 11.1 Å². The Morgan fingerprint density at radius 1 is 1.00 bits per heavy atom. The van der Waals surface area contributed by atoms with E-state index in [1.165, 1.54) is 36.4 Å². The zero-order valence-electron chi connectivity index (χ0n) is 10.5. The first-order valence-corrected chi connectivity index (χ1v) is 5.98. The highest BCUT2D eigenvalue weighted by molar-refractivity contribution is 5.75. The normalized spacial score (nSPS) is 12.4. The largest absolute Gasteiger partial charge is 0.480 e. The van der Waals surface area contributed by atoms with Crippen LogP contribution in [0.25, 0.3) is 0 Å². The maximum atomic E-state index is 13.3. The molecule has 0 heterocycles. The van der Waals surface area contributed by atoms with Crippen molar-refractivity contribution in [3.05, 3.63) is 71.3 Å². The van der Waals surface area contributed by atoms with Gasteiger partial charge in [0, 0.05) is 5.92 Å². The van der Waals surface area contributed by atoms with Gasteiger partial charge in [-0.15, -0.1) is 0 Å². The van der Waals surface area contributed by atoms with Gasteiger partial charge in [-0.25, -0.2) is 8.78 Å². The Kier molecular flexibility index (Phi) is 4.10. The number of halogens is 2. The second-order valence-electron chi connectivity index (χ2n) is 4.45. The molecule has 0 radical (unpaired) electrons. The summed E-state index contributed by atoms with van der Waals surface area (Å²) >= 11 is 0. The number of rotatable bonds is 4. The molecule has 2 aromatic carbocycles. The third-order valence-corrected chi connectivity index (χ3v) is 3.06. The van der Waals surface area contributed by atoms with Crippen LogP contribution in [0.4, 0.5) is 8.78 Å². The number of carboxylic acid groups (broad SMARTS) is 1. The monoisotopic (exact) mass is 277 g/mol. The summed E-state index contributed by atoms with van der Waals surface area (Å²) in [6.07, 6.45) is 0. The number of aliphatic carboxylic acids is 1. The van der Waals surface area contributed by atoms with Gasteiger partial charge in [-0.3, -0.25) is 4.79 Å². The lowest BCUT2D eigenvalue weighted by molar-refractivity contribution is -0.138. The molecule has 2 rings (SSSR count). The van der Waals surface area contributed by atoms with Gasteiger partial charge in [-0.1, -0.05) is 24.3 Å². The number of benzene rings is 2. The van der Waals surface area contributed by atoms with Crippen molar-refractivity contribution in [1.29, 1.82) is 0 Å². The molecule has 0 fully saturated rings. The predicted molar refractivity (Wildman–Crippen MR) is 70.3 cm³/mol. The van der Waals surface area contributed by atoms with Gasteiger partial charge in [0.1, 0.15) is 17.7 Å². The van der Waals surface area contributed by atoms with Crippen molar-refractivity contribution < 1.29 is 18.7 Å². The molecule has 0 saturated carbocycles. The lowest BCUT2D eigenvalue weighted by atomic mass is 9.85.